The van der Waals surface area contributed by atoms with E-state index in [1.165, 1.54) is 6.42 Å². The Morgan fingerprint density at radius 1 is 1.08 bits per heavy atom. The summed E-state index contributed by atoms with van der Waals surface area (Å²) in [6, 6.07) is 14.7. The van der Waals surface area contributed by atoms with Crippen molar-refractivity contribution < 1.29 is 14.7 Å². The molecule has 0 saturated heterocycles. The third kappa shape index (κ3) is 4.96. The maximum absolute atomic E-state index is 13.3. The highest BCUT2D eigenvalue weighted by molar-refractivity contribution is 6.15. The summed E-state index contributed by atoms with van der Waals surface area (Å²) in [6.45, 7) is 2.71. The van der Waals surface area contributed by atoms with Crippen molar-refractivity contribution in [3.63, 3.8) is 0 Å². The van der Waals surface area contributed by atoms with Gasteiger partial charge in [0, 0.05) is 18.3 Å². The van der Waals surface area contributed by atoms with Crippen LogP contribution >= 0.6 is 0 Å². The van der Waals surface area contributed by atoms with Crippen molar-refractivity contribution in [1.29, 1.82) is 0 Å². The highest BCUT2D eigenvalue weighted by Gasteiger charge is 2.21. The Bertz CT molecular complexity index is 1410. The van der Waals surface area contributed by atoms with E-state index in [4.69, 9.17) is 0 Å². The van der Waals surface area contributed by atoms with Crippen LogP contribution in [0.2, 0.25) is 0 Å². The van der Waals surface area contributed by atoms with E-state index in [1.54, 1.807) is 42.2 Å². The normalized spacial score (nSPS) is 14.3. The van der Waals surface area contributed by atoms with Crippen LogP contribution in [0.25, 0.3) is 10.8 Å². The van der Waals surface area contributed by atoms with Gasteiger partial charge in [-0.1, -0.05) is 42.0 Å². The number of pyridine rings is 1. The van der Waals surface area contributed by atoms with Gasteiger partial charge in [-0.2, -0.15) is 0 Å². The minimum atomic E-state index is -0.695. The predicted octanol–water partition coefficient (Wildman–Crippen LogP) is 3.71. The molecule has 1 atom stereocenters. The Kier molecular flexibility index (Phi) is 6.73. The lowest BCUT2D eigenvalue weighted by Crippen LogP contribution is -2.33. The maximum atomic E-state index is 13.3. The Morgan fingerprint density at radius 2 is 1.89 bits per heavy atom. The molecule has 0 bridgehead atoms. The first-order valence-electron chi connectivity index (χ1n) is 12.1. The van der Waals surface area contributed by atoms with Crippen LogP contribution in [0.15, 0.2) is 60.9 Å². The average Bonchev–Trinajstić information content (AvgIpc) is 3.32. The first kappa shape index (κ1) is 23.6. The van der Waals surface area contributed by atoms with Crippen LogP contribution in [-0.2, 0) is 6.54 Å². The molecule has 2 aromatic heterocycles. The van der Waals surface area contributed by atoms with Crippen molar-refractivity contribution in [2.45, 2.75) is 38.8 Å². The van der Waals surface area contributed by atoms with Crippen LogP contribution in [0.4, 0.5) is 5.69 Å². The van der Waals surface area contributed by atoms with Gasteiger partial charge in [0.2, 0.25) is 0 Å². The van der Waals surface area contributed by atoms with Gasteiger partial charge in [0.15, 0.2) is 5.69 Å². The highest BCUT2D eigenvalue weighted by Crippen LogP contribution is 2.27. The molecule has 1 saturated carbocycles. The van der Waals surface area contributed by atoms with Gasteiger partial charge < -0.3 is 15.7 Å². The first-order valence-corrected chi connectivity index (χ1v) is 12.1. The Balaban J connectivity index is 1.38. The molecule has 2 amide bonds. The molecule has 184 valence electrons. The third-order valence-corrected chi connectivity index (χ3v) is 6.62. The van der Waals surface area contributed by atoms with Crippen molar-refractivity contribution in [3.8, 4) is 0 Å². The fourth-order valence-electron chi connectivity index (χ4n) is 4.35. The number of hydrogen-bond acceptors (Lipinski definition) is 6. The molecule has 1 aliphatic rings. The van der Waals surface area contributed by atoms with Crippen LogP contribution < -0.4 is 10.6 Å². The van der Waals surface area contributed by atoms with Crippen LogP contribution in [-0.4, -0.2) is 43.4 Å². The molecular weight excluding hydrogens is 456 g/mol. The fraction of sp³-hybridized carbons (Fsp3) is 0.296. The van der Waals surface area contributed by atoms with Crippen molar-refractivity contribution in [2.24, 2.45) is 5.92 Å². The summed E-state index contributed by atoms with van der Waals surface area (Å²) in [6.07, 6.45) is 6.03. The van der Waals surface area contributed by atoms with Crippen LogP contribution in [0.3, 0.4) is 0 Å². The van der Waals surface area contributed by atoms with Crippen molar-refractivity contribution in [2.75, 3.05) is 11.9 Å². The summed E-state index contributed by atoms with van der Waals surface area (Å²) in [5.74, 6) is -0.0879. The SMILES string of the molecule is CC(O)c1cn(Cc2ccc(C(=O)Nc3cccnc3C(=O)NCC3CCC3)c3ccccc23)nn1. The molecule has 5 rings (SSSR count). The summed E-state index contributed by atoms with van der Waals surface area (Å²) in [5.41, 5.74) is 2.52. The van der Waals surface area contributed by atoms with E-state index >= 15 is 0 Å². The summed E-state index contributed by atoms with van der Waals surface area (Å²) < 4.78 is 1.66. The molecule has 0 radical (unpaired) electrons. The minimum absolute atomic E-state index is 0.200. The maximum Gasteiger partial charge on any atom is 0.272 e. The summed E-state index contributed by atoms with van der Waals surface area (Å²) >= 11 is 0. The molecule has 9 heteroatoms. The molecule has 0 spiro atoms. The Hall–Kier alpha value is -4.11. The van der Waals surface area contributed by atoms with Gasteiger partial charge in [-0.15, -0.1) is 5.10 Å². The standard InChI is InChI=1S/C27H28N6O3/c1-17(34)24-16-33(32-31-24)15-19-11-12-22(21-9-3-2-8-20(19)21)26(35)30-23-10-5-13-28-25(23)27(36)29-14-18-6-4-7-18/h2-3,5,8-13,16-18,34H,4,6-7,14-15H2,1H3,(H,29,36)(H,30,35). The van der Waals surface area contributed by atoms with E-state index < -0.39 is 6.10 Å². The van der Waals surface area contributed by atoms with Gasteiger partial charge in [-0.3, -0.25) is 9.59 Å². The number of hydrogen-bond donors (Lipinski definition) is 3. The minimum Gasteiger partial charge on any atom is -0.387 e. The van der Waals surface area contributed by atoms with Gasteiger partial charge in [0.1, 0.15) is 5.69 Å². The number of carbonyl (C=O) groups excluding carboxylic acids is 2. The van der Waals surface area contributed by atoms with Gasteiger partial charge in [0.25, 0.3) is 11.8 Å². The average molecular weight is 485 g/mol. The quantitative estimate of drug-likeness (QED) is 0.350. The van der Waals surface area contributed by atoms with E-state index in [-0.39, 0.29) is 17.5 Å². The topological polar surface area (TPSA) is 122 Å². The molecule has 2 aromatic carbocycles. The predicted molar refractivity (Wildman–Crippen MR) is 136 cm³/mol. The molecule has 9 nitrogen and oxygen atoms in total. The lowest BCUT2D eigenvalue weighted by Gasteiger charge is -2.25. The van der Waals surface area contributed by atoms with E-state index in [9.17, 15) is 14.7 Å². The number of benzene rings is 2. The molecule has 1 unspecified atom stereocenters. The zero-order valence-corrected chi connectivity index (χ0v) is 20.0. The van der Waals surface area contributed by atoms with E-state index in [1.807, 2.05) is 30.3 Å². The van der Waals surface area contributed by atoms with Crippen molar-refractivity contribution in [1.82, 2.24) is 25.3 Å². The summed E-state index contributed by atoms with van der Waals surface area (Å²) in [7, 11) is 0. The molecular formula is C27H28N6O3. The molecule has 4 aromatic rings. The van der Waals surface area contributed by atoms with E-state index in [0.29, 0.717) is 36.0 Å². The second kappa shape index (κ2) is 10.2. The molecule has 1 aliphatic carbocycles. The summed E-state index contributed by atoms with van der Waals surface area (Å²) in [4.78, 5) is 30.3. The second-order valence-corrected chi connectivity index (χ2v) is 9.20. The van der Waals surface area contributed by atoms with Gasteiger partial charge in [0.05, 0.1) is 24.5 Å². The number of rotatable bonds is 8. The lowest BCUT2D eigenvalue weighted by molar-refractivity contribution is 0.0935. The first-order chi connectivity index (χ1) is 17.5. The van der Waals surface area contributed by atoms with Crippen LogP contribution in [0.5, 0.6) is 0 Å². The number of nitrogens with zero attached hydrogens (tertiary/aromatic N) is 4. The number of anilines is 1. The second-order valence-electron chi connectivity index (χ2n) is 9.20. The number of carbonyl (C=O) groups is 2. The molecule has 0 aliphatic heterocycles. The smallest absolute Gasteiger partial charge is 0.272 e. The zero-order valence-electron chi connectivity index (χ0n) is 20.0. The zero-order chi connectivity index (χ0) is 25.1. The van der Waals surface area contributed by atoms with Gasteiger partial charge >= 0.3 is 0 Å². The summed E-state index contributed by atoms with van der Waals surface area (Å²) in [5, 5.41) is 25.3. The number of aromatic nitrogens is 4. The van der Waals surface area contributed by atoms with Crippen LogP contribution in [0.1, 0.15) is 64.4 Å². The molecule has 3 N–H and O–H groups in total. The van der Waals surface area contributed by atoms with Crippen molar-refractivity contribution >= 4 is 28.3 Å². The van der Waals surface area contributed by atoms with Gasteiger partial charge in [-0.05, 0) is 60.2 Å². The van der Waals surface area contributed by atoms with Crippen LogP contribution in [0, 0.1) is 5.92 Å². The Morgan fingerprint density at radius 3 is 2.61 bits per heavy atom. The highest BCUT2D eigenvalue weighted by atomic mass is 16.3. The number of amides is 2. The molecule has 36 heavy (non-hydrogen) atoms. The third-order valence-electron chi connectivity index (χ3n) is 6.62. The number of fused-ring (bicyclic) bond motifs is 1. The molecule has 2 heterocycles. The number of aliphatic hydroxyl groups is 1. The number of aliphatic hydroxyl groups excluding tert-OH is 1. The van der Waals surface area contributed by atoms with Crippen molar-refractivity contribution in [3.05, 3.63) is 83.4 Å². The van der Waals surface area contributed by atoms with E-state index in [0.717, 1.165) is 29.2 Å². The largest absolute Gasteiger partial charge is 0.387 e. The lowest BCUT2D eigenvalue weighted by atomic mass is 9.85. The fourth-order valence-corrected chi connectivity index (χ4v) is 4.35. The van der Waals surface area contributed by atoms with E-state index in [2.05, 4.69) is 25.9 Å². The van der Waals surface area contributed by atoms with Gasteiger partial charge in [-0.25, -0.2) is 9.67 Å². The monoisotopic (exact) mass is 484 g/mol. The number of nitrogens with one attached hydrogen (secondary N) is 2. The Labute approximate surface area is 208 Å². The molecule has 1 fully saturated rings.